The van der Waals surface area contributed by atoms with Gasteiger partial charge in [-0.25, -0.2) is 9.97 Å². The predicted octanol–water partition coefficient (Wildman–Crippen LogP) is 5.89. The Bertz CT molecular complexity index is 956. The summed E-state index contributed by atoms with van der Waals surface area (Å²) in [4.78, 5) is 7.78. The van der Waals surface area contributed by atoms with Gasteiger partial charge in [-0.3, -0.25) is 0 Å². The number of rotatable bonds is 4. The summed E-state index contributed by atoms with van der Waals surface area (Å²) < 4.78 is 82.2. The van der Waals surface area contributed by atoms with Crippen molar-refractivity contribution < 1.29 is 26.3 Å². The zero-order chi connectivity index (χ0) is 24.0. The summed E-state index contributed by atoms with van der Waals surface area (Å²) in [7, 11) is 0. The average Bonchev–Trinajstić information content (AvgIpc) is 2.56. The SMILES string of the molecule is CC(C)(C)c1nc(N)cc(CCC(C)(C)c2nc(N)ccc2C(F)(F)F)c1C(F)(F)F. The Balaban J connectivity index is 2.55. The molecule has 0 aliphatic carbocycles. The highest BCUT2D eigenvalue weighted by atomic mass is 19.4. The van der Waals surface area contributed by atoms with E-state index in [1.54, 1.807) is 20.8 Å². The lowest BCUT2D eigenvalue weighted by Crippen LogP contribution is -2.27. The molecule has 0 bridgehead atoms. The number of hydrogen-bond acceptors (Lipinski definition) is 4. The van der Waals surface area contributed by atoms with Gasteiger partial charge in [0.05, 0.1) is 22.5 Å². The third-order valence-electron chi connectivity index (χ3n) is 5.00. The number of nitrogens with two attached hydrogens (primary N) is 2. The molecular formula is C21H26F6N4. The van der Waals surface area contributed by atoms with Crippen LogP contribution in [0.1, 0.15) is 69.1 Å². The highest BCUT2D eigenvalue weighted by Gasteiger charge is 2.42. The van der Waals surface area contributed by atoms with Crippen molar-refractivity contribution in [2.75, 3.05) is 11.5 Å². The molecular weight excluding hydrogens is 422 g/mol. The van der Waals surface area contributed by atoms with Gasteiger partial charge in [0.15, 0.2) is 0 Å². The molecule has 4 nitrogen and oxygen atoms in total. The van der Waals surface area contributed by atoms with E-state index in [1.165, 1.54) is 13.8 Å². The van der Waals surface area contributed by atoms with Gasteiger partial charge >= 0.3 is 12.4 Å². The van der Waals surface area contributed by atoms with Crippen LogP contribution in [0.25, 0.3) is 0 Å². The second-order valence-corrected chi connectivity index (χ2v) is 9.19. The van der Waals surface area contributed by atoms with Crippen molar-refractivity contribution in [2.45, 2.75) is 70.6 Å². The number of anilines is 2. The number of aromatic nitrogens is 2. The first-order valence-corrected chi connectivity index (χ1v) is 9.55. The summed E-state index contributed by atoms with van der Waals surface area (Å²) in [5, 5.41) is 0. The van der Waals surface area contributed by atoms with Gasteiger partial charge in [-0.1, -0.05) is 34.6 Å². The molecule has 172 valence electrons. The maximum Gasteiger partial charge on any atom is 0.418 e. The monoisotopic (exact) mass is 448 g/mol. The van der Waals surface area contributed by atoms with Crippen LogP contribution in [0.15, 0.2) is 18.2 Å². The van der Waals surface area contributed by atoms with E-state index in [-0.39, 0.29) is 41.4 Å². The van der Waals surface area contributed by atoms with Crippen molar-refractivity contribution in [3.8, 4) is 0 Å². The van der Waals surface area contributed by atoms with E-state index in [4.69, 9.17) is 11.5 Å². The third-order valence-corrected chi connectivity index (χ3v) is 5.00. The van der Waals surface area contributed by atoms with Gasteiger partial charge < -0.3 is 11.5 Å². The minimum atomic E-state index is -4.70. The van der Waals surface area contributed by atoms with Crippen molar-refractivity contribution in [3.05, 3.63) is 46.3 Å². The molecule has 4 N–H and O–H groups in total. The second kappa shape index (κ2) is 7.87. The normalized spacial score (nSPS) is 13.5. The molecule has 0 aliphatic rings. The summed E-state index contributed by atoms with van der Waals surface area (Å²) in [6.45, 7) is 7.75. The molecule has 0 saturated carbocycles. The van der Waals surface area contributed by atoms with Gasteiger partial charge in [0.1, 0.15) is 11.6 Å². The Labute approximate surface area is 177 Å². The van der Waals surface area contributed by atoms with Crippen LogP contribution in [-0.2, 0) is 29.6 Å². The standard InChI is InChI=1S/C21H26F6N4/c1-18(2,3)17-15(21(25,26)27)11(10-14(29)31-17)8-9-19(4,5)16-12(20(22,23)24)6-7-13(28)30-16/h6-7,10H,8-9H2,1-5H3,(H2,28,30)(H2,29,31). The lowest BCUT2D eigenvalue weighted by Gasteiger charge is -2.29. The van der Waals surface area contributed by atoms with Crippen LogP contribution in [0, 0.1) is 0 Å². The molecule has 0 atom stereocenters. The zero-order valence-electron chi connectivity index (χ0n) is 18.0. The van der Waals surface area contributed by atoms with E-state index in [1.807, 2.05) is 0 Å². The maximum atomic E-state index is 13.9. The Hall–Kier alpha value is -2.52. The molecule has 0 radical (unpaired) electrons. The maximum absolute atomic E-state index is 13.9. The van der Waals surface area contributed by atoms with Gasteiger partial charge in [-0.05, 0) is 36.6 Å². The molecule has 0 fully saturated rings. The quantitative estimate of drug-likeness (QED) is 0.572. The van der Waals surface area contributed by atoms with Crippen LogP contribution in [0.4, 0.5) is 38.0 Å². The lowest BCUT2D eigenvalue weighted by atomic mass is 9.79. The van der Waals surface area contributed by atoms with E-state index in [9.17, 15) is 26.3 Å². The van der Waals surface area contributed by atoms with Crippen molar-refractivity contribution in [3.63, 3.8) is 0 Å². The molecule has 0 aromatic carbocycles. The Morgan fingerprint density at radius 2 is 1.32 bits per heavy atom. The lowest BCUT2D eigenvalue weighted by molar-refractivity contribution is -0.140. The minimum absolute atomic E-state index is 0.0529. The fourth-order valence-corrected chi connectivity index (χ4v) is 3.46. The van der Waals surface area contributed by atoms with E-state index >= 15 is 0 Å². The number of aryl methyl sites for hydroxylation is 1. The van der Waals surface area contributed by atoms with E-state index in [2.05, 4.69) is 9.97 Å². The number of pyridine rings is 2. The van der Waals surface area contributed by atoms with Gasteiger partial charge in [0.25, 0.3) is 0 Å². The Morgan fingerprint density at radius 3 is 1.81 bits per heavy atom. The fraction of sp³-hybridized carbons (Fsp3) is 0.524. The molecule has 0 unspecified atom stereocenters. The number of nitrogen functional groups attached to an aromatic ring is 2. The van der Waals surface area contributed by atoms with Crippen LogP contribution in [0.2, 0.25) is 0 Å². The van der Waals surface area contributed by atoms with Crippen molar-refractivity contribution in [1.82, 2.24) is 9.97 Å². The van der Waals surface area contributed by atoms with Crippen molar-refractivity contribution in [1.29, 1.82) is 0 Å². The topological polar surface area (TPSA) is 77.8 Å². The molecule has 0 amide bonds. The molecule has 31 heavy (non-hydrogen) atoms. The smallest absolute Gasteiger partial charge is 0.384 e. The Morgan fingerprint density at radius 1 is 0.774 bits per heavy atom. The molecule has 2 aromatic rings. The first-order valence-electron chi connectivity index (χ1n) is 9.55. The fourth-order valence-electron chi connectivity index (χ4n) is 3.46. The molecule has 0 aliphatic heterocycles. The first kappa shape index (κ1) is 24.7. The van der Waals surface area contributed by atoms with Crippen molar-refractivity contribution in [2.24, 2.45) is 0 Å². The minimum Gasteiger partial charge on any atom is -0.384 e. The Kier molecular flexibility index (Phi) is 6.28. The highest BCUT2D eigenvalue weighted by Crippen LogP contribution is 2.42. The molecule has 0 spiro atoms. The van der Waals surface area contributed by atoms with Crippen LogP contribution < -0.4 is 11.5 Å². The first-order chi connectivity index (χ1) is 13.8. The largest absolute Gasteiger partial charge is 0.418 e. The summed E-state index contributed by atoms with van der Waals surface area (Å²) in [5.74, 6) is -0.181. The molecule has 10 heteroatoms. The average molecular weight is 448 g/mol. The third kappa shape index (κ3) is 5.59. The van der Waals surface area contributed by atoms with Crippen LogP contribution in [0.3, 0.4) is 0 Å². The van der Waals surface area contributed by atoms with Gasteiger partial charge in [-0.15, -0.1) is 0 Å². The number of hydrogen-bond donors (Lipinski definition) is 2. The summed E-state index contributed by atoms with van der Waals surface area (Å²) in [5.41, 5.74) is 6.70. The van der Waals surface area contributed by atoms with Crippen LogP contribution in [0.5, 0.6) is 0 Å². The summed E-state index contributed by atoms with van der Waals surface area (Å²) >= 11 is 0. The summed E-state index contributed by atoms with van der Waals surface area (Å²) in [6, 6.07) is 3.01. The van der Waals surface area contributed by atoms with Gasteiger partial charge in [0.2, 0.25) is 0 Å². The predicted molar refractivity (Wildman–Crippen MR) is 107 cm³/mol. The number of halogens is 6. The second-order valence-electron chi connectivity index (χ2n) is 9.19. The molecule has 2 heterocycles. The number of alkyl halides is 6. The van der Waals surface area contributed by atoms with Crippen LogP contribution >= 0.6 is 0 Å². The van der Waals surface area contributed by atoms with Gasteiger partial charge in [0, 0.05) is 10.8 Å². The molecule has 2 rings (SSSR count). The summed E-state index contributed by atoms with van der Waals surface area (Å²) in [6.07, 6.45) is -9.60. The molecule has 0 saturated heterocycles. The molecule has 2 aromatic heterocycles. The van der Waals surface area contributed by atoms with Crippen LogP contribution in [-0.4, -0.2) is 9.97 Å². The number of nitrogens with zero attached hydrogens (tertiary/aromatic N) is 2. The zero-order valence-corrected chi connectivity index (χ0v) is 18.0. The van der Waals surface area contributed by atoms with E-state index in [0.717, 1.165) is 18.2 Å². The highest BCUT2D eigenvalue weighted by molar-refractivity contribution is 5.46. The van der Waals surface area contributed by atoms with Crippen molar-refractivity contribution >= 4 is 11.6 Å². The van der Waals surface area contributed by atoms with Gasteiger partial charge in [-0.2, -0.15) is 26.3 Å². The van der Waals surface area contributed by atoms with E-state index in [0.29, 0.717) is 0 Å². The van der Waals surface area contributed by atoms with E-state index < -0.39 is 34.3 Å².